The molecule has 6 nitrogen and oxygen atoms in total. The molecule has 1 atom stereocenters. The van der Waals surface area contributed by atoms with Crippen LogP contribution < -0.4 is 10.9 Å². The molecule has 1 saturated heterocycles. The number of pyridine rings is 1. The van der Waals surface area contributed by atoms with Crippen molar-refractivity contribution in [2.45, 2.75) is 38.8 Å². The Kier molecular flexibility index (Phi) is 6.59. The number of nitrogens with zero attached hydrogens (tertiary/aromatic N) is 1. The number of benzene rings is 2. The summed E-state index contributed by atoms with van der Waals surface area (Å²) in [6, 6.07) is 14.6. The quantitative estimate of drug-likeness (QED) is 0.570. The van der Waals surface area contributed by atoms with Crippen molar-refractivity contribution in [2.75, 3.05) is 18.5 Å². The second kappa shape index (κ2) is 9.54. The van der Waals surface area contributed by atoms with Crippen molar-refractivity contribution >= 4 is 34.2 Å². The monoisotopic (exact) mass is 439 g/mol. The minimum Gasteiger partial charge on any atom is -0.376 e. The molecule has 2 N–H and O–H groups in total. The number of halogens is 1. The molecule has 1 aliphatic rings. The van der Waals surface area contributed by atoms with E-state index in [2.05, 4.69) is 23.3 Å². The number of carbonyl (C=O) groups excluding carboxylic acids is 1. The van der Waals surface area contributed by atoms with Gasteiger partial charge < -0.3 is 19.9 Å². The first kappa shape index (κ1) is 21.4. The third-order valence-electron chi connectivity index (χ3n) is 5.57. The van der Waals surface area contributed by atoms with Gasteiger partial charge in [0.1, 0.15) is 0 Å². The maximum Gasteiger partial charge on any atom is 0.322 e. The largest absolute Gasteiger partial charge is 0.376 e. The average molecular weight is 440 g/mol. The number of carbonyl (C=O) groups is 1. The molecule has 1 fully saturated rings. The van der Waals surface area contributed by atoms with E-state index < -0.39 is 0 Å². The van der Waals surface area contributed by atoms with Crippen molar-refractivity contribution in [1.29, 1.82) is 0 Å². The number of H-pyrrole nitrogens is 1. The Labute approximate surface area is 186 Å². The molecule has 1 aliphatic heterocycles. The van der Waals surface area contributed by atoms with E-state index in [1.165, 1.54) is 5.56 Å². The molecular formula is C24H26ClN3O3. The molecule has 0 aliphatic carbocycles. The maximum atomic E-state index is 13.1. The molecule has 0 unspecified atom stereocenters. The molecule has 0 bridgehead atoms. The highest BCUT2D eigenvalue weighted by atomic mass is 35.5. The van der Waals surface area contributed by atoms with Gasteiger partial charge in [0.25, 0.3) is 5.56 Å². The minimum atomic E-state index is -0.292. The highest BCUT2D eigenvalue weighted by Crippen LogP contribution is 2.20. The Hall–Kier alpha value is -2.83. The van der Waals surface area contributed by atoms with Crippen LogP contribution in [0.15, 0.2) is 53.3 Å². The summed E-state index contributed by atoms with van der Waals surface area (Å²) < 4.78 is 5.74. The van der Waals surface area contributed by atoms with Crippen molar-refractivity contribution < 1.29 is 9.53 Å². The molecule has 2 aromatic carbocycles. The standard InChI is InChI=1S/C24H26ClN3O3/c1-2-16-8-9-22-17(11-16)12-18(23(29)27-22)14-28(15-21-7-4-10-31-21)24(30)26-20-6-3-5-19(25)13-20/h3,5-6,8-9,11-13,21H,2,4,7,10,14-15H2,1H3,(H,26,30)(H,27,29)/t21-/m0/s1. The van der Waals surface area contributed by atoms with E-state index >= 15 is 0 Å². The lowest BCUT2D eigenvalue weighted by Crippen LogP contribution is -2.40. The lowest BCUT2D eigenvalue weighted by molar-refractivity contribution is 0.0818. The number of ether oxygens (including phenoxy) is 1. The van der Waals surface area contributed by atoms with Gasteiger partial charge in [0, 0.05) is 34.9 Å². The van der Waals surface area contributed by atoms with Crippen molar-refractivity contribution in [2.24, 2.45) is 0 Å². The number of fused-ring (bicyclic) bond motifs is 1. The summed E-state index contributed by atoms with van der Waals surface area (Å²) in [5.74, 6) is 0. The summed E-state index contributed by atoms with van der Waals surface area (Å²) in [5.41, 5.74) is 2.94. The Bertz CT molecular complexity index is 1140. The predicted molar refractivity (Wildman–Crippen MR) is 124 cm³/mol. The third kappa shape index (κ3) is 5.27. The number of nitrogens with one attached hydrogen (secondary N) is 2. The number of aromatic amines is 1. The molecule has 2 heterocycles. The Morgan fingerprint density at radius 1 is 1.26 bits per heavy atom. The molecule has 0 radical (unpaired) electrons. The number of rotatable bonds is 6. The van der Waals surface area contributed by atoms with Gasteiger partial charge in [-0.3, -0.25) is 4.79 Å². The molecule has 3 aromatic rings. The SMILES string of the molecule is CCc1ccc2[nH]c(=O)c(CN(C[C@@H]3CCCO3)C(=O)Nc3cccc(Cl)c3)cc2c1. The fourth-order valence-electron chi connectivity index (χ4n) is 3.87. The summed E-state index contributed by atoms with van der Waals surface area (Å²) in [6.07, 6.45) is 2.76. The summed E-state index contributed by atoms with van der Waals surface area (Å²) in [6.45, 7) is 3.40. The zero-order valence-electron chi connectivity index (χ0n) is 17.5. The lowest BCUT2D eigenvalue weighted by Gasteiger charge is -2.26. The van der Waals surface area contributed by atoms with Gasteiger partial charge >= 0.3 is 6.03 Å². The number of aryl methyl sites for hydroxylation is 1. The second-order valence-corrected chi connectivity index (χ2v) is 8.29. The first-order chi connectivity index (χ1) is 15.0. The molecule has 1 aromatic heterocycles. The lowest BCUT2D eigenvalue weighted by atomic mass is 10.1. The number of hydrogen-bond acceptors (Lipinski definition) is 3. The van der Waals surface area contributed by atoms with Gasteiger partial charge in [-0.2, -0.15) is 0 Å². The van der Waals surface area contributed by atoms with E-state index in [0.29, 0.717) is 29.4 Å². The van der Waals surface area contributed by atoms with Gasteiger partial charge in [-0.1, -0.05) is 30.7 Å². The number of urea groups is 1. The van der Waals surface area contributed by atoms with Crippen LogP contribution in [0, 0.1) is 0 Å². The Morgan fingerprint density at radius 3 is 2.87 bits per heavy atom. The first-order valence-corrected chi connectivity index (χ1v) is 11.0. The van der Waals surface area contributed by atoms with Crippen LogP contribution in [-0.4, -0.2) is 35.2 Å². The summed E-state index contributed by atoms with van der Waals surface area (Å²) >= 11 is 6.05. The number of anilines is 1. The van der Waals surface area contributed by atoms with Crippen LogP contribution in [0.25, 0.3) is 10.9 Å². The van der Waals surface area contributed by atoms with Crippen LogP contribution in [-0.2, 0) is 17.7 Å². The van der Waals surface area contributed by atoms with E-state index in [-0.39, 0.29) is 24.2 Å². The van der Waals surface area contributed by atoms with Crippen LogP contribution in [0.4, 0.5) is 10.5 Å². The van der Waals surface area contributed by atoms with E-state index in [9.17, 15) is 9.59 Å². The van der Waals surface area contributed by atoms with Crippen molar-refractivity contribution in [1.82, 2.24) is 9.88 Å². The second-order valence-electron chi connectivity index (χ2n) is 7.85. The van der Waals surface area contributed by atoms with Crippen LogP contribution in [0.5, 0.6) is 0 Å². The van der Waals surface area contributed by atoms with Crippen molar-refractivity contribution in [3.63, 3.8) is 0 Å². The van der Waals surface area contributed by atoms with Gasteiger partial charge in [0.15, 0.2) is 0 Å². The number of aromatic nitrogens is 1. The zero-order chi connectivity index (χ0) is 21.8. The zero-order valence-corrected chi connectivity index (χ0v) is 18.2. The number of amides is 2. The molecule has 2 amide bonds. The van der Waals surface area contributed by atoms with Crippen molar-refractivity contribution in [3.8, 4) is 0 Å². The van der Waals surface area contributed by atoms with Crippen LogP contribution >= 0.6 is 11.6 Å². The van der Waals surface area contributed by atoms with Gasteiger partial charge in [0.2, 0.25) is 0 Å². The summed E-state index contributed by atoms with van der Waals surface area (Å²) in [4.78, 5) is 30.4. The van der Waals surface area contributed by atoms with Gasteiger partial charge in [-0.15, -0.1) is 0 Å². The number of hydrogen-bond donors (Lipinski definition) is 2. The fraction of sp³-hybridized carbons (Fsp3) is 0.333. The van der Waals surface area contributed by atoms with E-state index in [4.69, 9.17) is 16.3 Å². The highest BCUT2D eigenvalue weighted by Gasteiger charge is 2.24. The van der Waals surface area contributed by atoms with Crippen LogP contribution in [0.3, 0.4) is 0 Å². The molecule has 162 valence electrons. The molecule has 0 saturated carbocycles. The van der Waals surface area contributed by atoms with Crippen LogP contribution in [0.1, 0.15) is 30.9 Å². The van der Waals surface area contributed by atoms with Crippen LogP contribution in [0.2, 0.25) is 5.02 Å². The topological polar surface area (TPSA) is 74.4 Å². The summed E-state index contributed by atoms with van der Waals surface area (Å²) in [5, 5.41) is 4.39. The van der Waals surface area contributed by atoms with E-state index in [1.807, 2.05) is 18.2 Å². The summed E-state index contributed by atoms with van der Waals surface area (Å²) in [7, 11) is 0. The Balaban J connectivity index is 1.61. The van der Waals surface area contributed by atoms with E-state index in [0.717, 1.165) is 30.2 Å². The third-order valence-corrected chi connectivity index (χ3v) is 5.80. The molecular weight excluding hydrogens is 414 g/mol. The van der Waals surface area contributed by atoms with Gasteiger partial charge in [-0.05, 0) is 66.6 Å². The average Bonchev–Trinajstić information content (AvgIpc) is 3.26. The van der Waals surface area contributed by atoms with Gasteiger partial charge in [-0.25, -0.2) is 4.79 Å². The minimum absolute atomic E-state index is 0.0312. The fourth-order valence-corrected chi connectivity index (χ4v) is 4.06. The Morgan fingerprint density at radius 2 is 2.13 bits per heavy atom. The molecule has 31 heavy (non-hydrogen) atoms. The van der Waals surface area contributed by atoms with E-state index in [1.54, 1.807) is 29.2 Å². The molecule has 7 heteroatoms. The van der Waals surface area contributed by atoms with Gasteiger partial charge in [0.05, 0.1) is 12.6 Å². The molecule has 4 rings (SSSR count). The smallest absolute Gasteiger partial charge is 0.322 e. The maximum absolute atomic E-state index is 13.1. The molecule has 0 spiro atoms. The predicted octanol–water partition coefficient (Wildman–Crippen LogP) is 4.96. The first-order valence-electron chi connectivity index (χ1n) is 10.6. The highest BCUT2D eigenvalue weighted by molar-refractivity contribution is 6.30. The normalized spacial score (nSPS) is 15.9. The van der Waals surface area contributed by atoms with Crippen molar-refractivity contribution in [3.05, 3.63) is 75.0 Å².